The second-order valence-electron chi connectivity index (χ2n) is 6.00. The first-order valence-electron chi connectivity index (χ1n) is 6.67. The van der Waals surface area contributed by atoms with E-state index in [1.807, 2.05) is 20.8 Å². The molecular weight excluding hydrogens is 232 g/mol. The third-order valence-electron chi connectivity index (χ3n) is 2.85. The number of nitrogens with one attached hydrogen (secondary N) is 1. The molecule has 1 fully saturated rings. The van der Waals surface area contributed by atoms with Crippen molar-refractivity contribution < 1.29 is 14.6 Å². The average Bonchev–Trinajstić information content (AvgIpc) is 2.24. The first-order chi connectivity index (χ1) is 8.28. The zero-order valence-corrected chi connectivity index (χ0v) is 11.9. The Balaban J connectivity index is 2.28. The van der Waals surface area contributed by atoms with E-state index in [4.69, 9.17) is 4.74 Å². The Kier molecular flexibility index (Phi) is 5.41. The number of ether oxygens (including phenoxy) is 1. The van der Waals surface area contributed by atoms with Gasteiger partial charge in [-0.3, -0.25) is 0 Å². The molecule has 0 aromatic heterocycles. The molecule has 106 valence electrons. The smallest absolute Gasteiger partial charge is 0.410 e. The van der Waals surface area contributed by atoms with Gasteiger partial charge in [-0.2, -0.15) is 0 Å². The molecule has 1 aliphatic heterocycles. The topological polar surface area (TPSA) is 61.8 Å². The van der Waals surface area contributed by atoms with Gasteiger partial charge in [-0.05, 0) is 40.5 Å². The summed E-state index contributed by atoms with van der Waals surface area (Å²) in [6.45, 7) is 9.43. The molecular formula is C13H26N2O3. The fourth-order valence-corrected chi connectivity index (χ4v) is 1.93. The zero-order chi connectivity index (χ0) is 13.8. The lowest BCUT2D eigenvalue weighted by atomic mass is 10.1. The predicted molar refractivity (Wildman–Crippen MR) is 70.5 cm³/mol. The second kappa shape index (κ2) is 6.38. The summed E-state index contributed by atoms with van der Waals surface area (Å²) >= 11 is 0. The molecule has 2 N–H and O–H groups in total. The summed E-state index contributed by atoms with van der Waals surface area (Å²) in [5.74, 6) is 0. The number of hydrogen-bond acceptors (Lipinski definition) is 4. The second-order valence-corrected chi connectivity index (χ2v) is 6.00. The highest BCUT2D eigenvalue weighted by atomic mass is 16.6. The summed E-state index contributed by atoms with van der Waals surface area (Å²) in [6, 6.07) is 0.387. The number of rotatable bonds is 3. The maximum Gasteiger partial charge on any atom is 0.410 e. The molecule has 0 aliphatic carbocycles. The maximum atomic E-state index is 11.8. The van der Waals surface area contributed by atoms with E-state index in [1.54, 1.807) is 11.8 Å². The highest BCUT2D eigenvalue weighted by molar-refractivity contribution is 5.68. The van der Waals surface area contributed by atoms with Gasteiger partial charge in [-0.1, -0.05) is 0 Å². The molecule has 1 heterocycles. The molecule has 0 spiro atoms. The van der Waals surface area contributed by atoms with E-state index in [0.29, 0.717) is 25.7 Å². The van der Waals surface area contributed by atoms with Crippen molar-refractivity contribution >= 4 is 6.09 Å². The molecule has 1 amide bonds. The van der Waals surface area contributed by atoms with Crippen LogP contribution in [0.2, 0.25) is 0 Å². The summed E-state index contributed by atoms with van der Waals surface area (Å²) < 4.78 is 5.34. The number of aliphatic hydroxyl groups is 1. The lowest BCUT2D eigenvalue weighted by Gasteiger charge is -2.34. The first-order valence-corrected chi connectivity index (χ1v) is 6.67. The molecule has 18 heavy (non-hydrogen) atoms. The fourth-order valence-electron chi connectivity index (χ4n) is 1.93. The lowest BCUT2D eigenvalue weighted by Crippen LogP contribution is -2.47. The van der Waals surface area contributed by atoms with Gasteiger partial charge in [0.1, 0.15) is 5.60 Å². The molecule has 0 saturated carbocycles. The predicted octanol–water partition coefficient (Wildman–Crippen LogP) is 1.36. The van der Waals surface area contributed by atoms with E-state index in [0.717, 1.165) is 12.8 Å². The van der Waals surface area contributed by atoms with Gasteiger partial charge in [0.2, 0.25) is 0 Å². The average molecular weight is 258 g/mol. The monoisotopic (exact) mass is 258 g/mol. The van der Waals surface area contributed by atoms with E-state index < -0.39 is 5.60 Å². The number of piperidine rings is 1. The molecule has 0 aromatic carbocycles. The molecule has 5 nitrogen and oxygen atoms in total. The number of aliphatic hydroxyl groups excluding tert-OH is 1. The Morgan fingerprint density at radius 1 is 1.44 bits per heavy atom. The van der Waals surface area contributed by atoms with Crippen LogP contribution in [0.5, 0.6) is 0 Å². The van der Waals surface area contributed by atoms with Crippen molar-refractivity contribution in [1.29, 1.82) is 0 Å². The van der Waals surface area contributed by atoms with Crippen LogP contribution >= 0.6 is 0 Å². The lowest BCUT2D eigenvalue weighted by molar-refractivity contribution is 0.0195. The minimum Gasteiger partial charge on any atom is -0.444 e. The summed E-state index contributed by atoms with van der Waals surface area (Å²) in [6.07, 6.45) is 1.27. The molecule has 0 radical (unpaired) electrons. The number of carbonyl (C=O) groups excluding carboxylic acids is 1. The maximum absolute atomic E-state index is 11.8. The Morgan fingerprint density at radius 3 is 2.44 bits per heavy atom. The zero-order valence-electron chi connectivity index (χ0n) is 11.9. The Bertz CT molecular complexity index is 266. The number of likely N-dealkylation sites (tertiary alicyclic amines) is 1. The van der Waals surface area contributed by atoms with Gasteiger partial charge in [0.05, 0.1) is 6.10 Å². The molecule has 1 aliphatic rings. The summed E-state index contributed by atoms with van der Waals surface area (Å²) in [4.78, 5) is 13.6. The van der Waals surface area contributed by atoms with Crippen molar-refractivity contribution in [3.8, 4) is 0 Å². The van der Waals surface area contributed by atoms with Crippen LogP contribution in [0, 0.1) is 0 Å². The third kappa shape index (κ3) is 5.69. The van der Waals surface area contributed by atoms with E-state index in [9.17, 15) is 9.90 Å². The van der Waals surface area contributed by atoms with E-state index in [-0.39, 0.29) is 12.2 Å². The normalized spacial score (nSPS) is 19.7. The standard InChI is InChI=1S/C13H26N2O3/c1-10(16)9-14-11-5-7-15(8-6-11)12(17)18-13(2,3)4/h10-11,14,16H,5-9H2,1-4H3. The summed E-state index contributed by atoms with van der Waals surface area (Å²) in [5, 5.41) is 12.5. The molecule has 1 unspecified atom stereocenters. The van der Waals surface area contributed by atoms with Gasteiger partial charge in [-0.15, -0.1) is 0 Å². The van der Waals surface area contributed by atoms with Gasteiger partial charge in [0, 0.05) is 25.7 Å². The van der Waals surface area contributed by atoms with Crippen molar-refractivity contribution in [3.63, 3.8) is 0 Å². The molecule has 0 bridgehead atoms. The molecule has 0 aromatic rings. The van der Waals surface area contributed by atoms with Gasteiger partial charge < -0.3 is 20.1 Å². The van der Waals surface area contributed by atoms with E-state index in [1.165, 1.54) is 0 Å². The molecule has 1 saturated heterocycles. The van der Waals surface area contributed by atoms with E-state index >= 15 is 0 Å². The van der Waals surface area contributed by atoms with Crippen molar-refractivity contribution in [1.82, 2.24) is 10.2 Å². The highest BCUT2D eigenvalue weighted by Crippen LogP contribution is 2.15. The quantitative estimate of drug-likeness (QED) is 0.802. The SMILES string of the molecule is CC(O)CNC1CCN(C(=O)OC(C)(C)C)CC1. The Morgan fingerprint density at radius 2 is 2.00 bits per heavy atom. The molecule has 5 heteroatoms. The summed E-state index contributed by atoms with van der Waals surface area (Å²) in [5.41, 5.74) is -0.432. The Labute approximate surface area is 109 Å². The third-order valence-corrected chi connectivity index (χ3v) is 2.85. The minimum atomic E-state index is -0.432. The fraction of sp³-hybridized carbons (Fsp3) is 0.923. The molecule has 1 atom stereocenters. The first kappa shape index (κ1) is 15.2. The van der Waals surface area contributed by atoms with E-state index in [2.05, 4.69) is 5.32 Å². The van der Waals surface area contributed by atoms with Crippen molar-refractivity contribution in [2.45, 2.75) is 58.3 Å². The van der Waals surface area contributed by atoms with Gasteiger partial charge in [0.15, 0.2) is 0 Å². The largest absolute Gasteiger partial charge is 0.444 e. The Hall–Kier alpha value is -0.810. The number of hydrogen-bond donors (Lipinski definition) is 2. The minimum absolute atomic E-state index is 0.225. The number of carbonyl (C=O) groups is 1. The van der Waals surface area contributed by atoms with Gasteiger partial charge in [-0.25, -0.2) is 4.79 Å². The highest BCUT2D eigenvalue weighted by Gasteiger charge is 2.26. The van der Waals surface area contributed by atoms with Crippen LogP contribution in [0.15, 0.2) is 0 Å². The van der Waals surface area contributed by atoms with Crippen LogP contribution in [0.4, 0.5) is 4.79 Å². The van der Waals surface area contributed by atoms with Gasteiger partial charge in [0.25, 0.3) is 0 Å². The van der Waals surface area contributed by atoms with Crippen LogP contribution in [0.25, 0.3) is 0 Å². The van der Waals surface area contributed by atoms with Crippen LogP contribution in [0.3, 0.4) is 0 Å². The molecule has 1 rings (SSSR count). The van der Waals surface area contributed by atoms with Crippen molar-refractivity contribution in [2.75, 3.05) is 19.6 Å². The van der Waals surface area contributed by atoms with Crippen molar-refractivity contribution in [3.05, 3.63) is 0 Å². The van der Waals surface area contributed by atoms with Crippen molar-refractivity contribution in [2.24, 2.45) is 0 Å². The van der Waals surface area contributed by atoms with Crippen LogP contribution < -0.4 is 5.32 Å². The summed E-state index contributed by atoms with van der Waals surface area (Å²) in [7, 11) is 0. The van der Waals surface area contributed by atoms with Crippen LogP contribution in [-0.4, -0.2) is 53.5 Å². The van der Waals surface area contributed by atoms with Crippen LogP contribution in [-0.2, 0) is 4.74 Å². The number of amides is 1. The van der Waals surface area contributed by atoms with Crippen LogP contribution in [0.1, 0.15) is 40.5 Å². The number of nitrogens with zero attached hydrogens (tertiary/aromatic N) is 1. The van der Waals surface area contributed by atoms with Gasteiger partial charge >= 0.3 is 6.09 Å².